The van der Waals surface area contributed by atoms with Gasteiger partial charge in [0.2, 0.25) is 0 Å². The molecule has 0 bridgehead atoms. The summed E-state index contributed by atoms with van der Waals surface area (Å²) in [6.07, 6.45) is 0. The van der Waals surface area contributed by atoms with Crippen molar-refractivity contribution in [1.82, 2.24) is 0 Å². The molecule has 4 nitrogen and oxygen atoms in total. The zero-order valence-electron chi connectivity index (χ0n) is 17.8. The maximum atomic E-state index is 12.9. The first-order chi connectivity index (χ1) is 12.8. The van der Waals surface area contributed by atoms with Crippen molar-refractivity contribution in [2.24, 2.45) is 5.41 Å². The number of benzene rings is 2. The summed E-state index contributed by atoms with van der Waals surface area (Å²) in [5.41, 5.74) is -1.14. The number of hydrogen-bond donors (Lipinski definition) is 0. The van der Waals surface area contributed by atoms with Crippen molar-refractivity contribution in [3.05, 3.63) is 65.7 Å². The molecule has 148 valence electrons. The van der Waals surface area contributed by atoms with Crippen molar-refractivity contribution < 1.29 is 19.1 Å². The first-order valence-electron chi connectivity index (χ1n) is 9.46. The van der Waals surface area contributed by atoms with E-state index in [0.29, 0.717) is 5.56 Å². The van der Waals surface area contributed by atoms with E-state index in [1.165, 1.54) is 0 Å². The zero-order chi connectivity index (χ0) is 21.2. The molecule has 0 spiro atoms. The van der Waals surface area contributed by atoms with Gasteiger partial charge in [-0.3, -0.25) is 9.59 Å². The molecule has 28 heavy (non-hydrogen) atoms. The minimum absolute atomic E-state index is 0.261. The molecule has 0 amide bonds. The fourth-order valence-corrected chi connectivity index (χ4v) is 2.74. The Labute approximate surface area is 168 Å². The predicted octanol–water partition coefficient (Wildman–Crippen LogP) is 4.12. The maximum absolute atomic E-state index is 12.9. The third kappa shape index (κ3) is 5.25. The normalized spacial score (nSPS) is 12.4. The largest absolute Gasteiger partial charge is 0.497 e. The summed E-state index contributed by atoms with van der Waals surface area (Å²) in [5, 5.41) is 0. The zero-order valence-corrected chi connectivity index (χ0v) is 17.8. The Morgan fingerprint density at radius 3 is 1.86 bits per heavy atom. The summed E-state index contributed by atoms with van der Waals surface area (Å²) in [5.74, 6) is -0.0674. The highest BCUT2D eigenvalue weighted by Crippen LogP contribution is 2.32. The van der Waals surface area contributed by atoms with Gasteiger partial charge in [-0.25, -0.2) is 0 Å². The highest BCUT2D eigenvalue weighted by molar-refractivity contribution is 6.14. The van der Waals surface area contributed by atoms with Crippen LogP contribution in [0.5, 0.6) is 5.75 Å². The van der Waals surface area contributed by atoms with Crippen LogP contribution in [0.1, 0.15) is 57.5 Å². The van der Waals surface area contributed by atoms with Gasteiger partial charge in [0.25, 0.3) is 0 Å². The average molecular weight is 380 g/mol. The lowest BCUT2D eigenvalue weighted by atomic mass is 9.84. The summed E-state index contributed by atoms with van der Waals surface area (Å²) in [7, 11) is 1.98. The van der Waals surface area contributed by atoms with Gasteiger partial charge >= 0.3 is 5.97 Å². The van der Waals surface area contributed by atoms with Crippen molar-refractivity contribution >= 4 is 19.6 Å². The molecule has 0 aliphatic heterocycles. The minimum Gasteiger partial charge on any atom is -0.497 e. The topological polar surface area (TPSA) is 52.6 Å². The van der Waals surface area contributed by atoms with E-state index >= 15 is 0 Å². The molecule has 0 unspecified atom stereocenters. The van der Waals surface area contributed by atoms with Crippen molar-refractivity contribution in [1.29, 1.82) is 0 Å². The number of carbonyl (C=O) groups excluding carboxylic acids is 2. The van der Waals surface area contributed by atoms with E-state index in [1.54, 1.807) is 38.1 Å². The Hall–Kier alpha value is -2.56. The van der Waals surface area contributed by atoms with Gasteiger partial charge in [0.05, 0.1) is 5.50 Å². The lowest BCUT2D eigenvalue weighted by Crippen LogP contribution is -2.39. The number of hydrogen-bond acceptors (Lipinski definition) is 4. The molecule has 0 radical (unpaired) electrons. The van der Waals surface area contributed by atoms with E-state index in [1.807, 2.05) is 65.9 Å². The molecule has 0 heterocycles. The molecule has 2 rings (SSSR count). The Kier molecular flexibility index (Phi) is 6.07. The monoisotopic (exact) mass is 380 g/mol. The lowest BCUT2D eigenvalue weighted by Gasteiger charge is -2.31. The highest BCUT2D eigenvalue weighted by atomic mass is 16.6. The fourth-order valence-electron chi connectivity index (χ4n) is 2.74. The molecule has 5 heteroatoms. The van der Waals surface area contributed by atoms with Gasteiger partial charge < -0.3 is 9.47 Å². The number of Topliss-reactive ketones (excluding diaryl/α,β-unsaturated/α-hetero) is 1. The van der Waals surface area contributed by atoms with E-state index in [2.05, 4.69) is 0 Å². The first-order valence-corrected chi connectivity index (χ1v) is 9.46. The van der Waals surface area contributed by atoms with Crippen LogP contribution in [0.2, 0.25) is 0 Å². The predicted molar refractivity (Wildman–Crippen MR) is 113 cm³/mol. The van der Waals surface area contributed by atoms with Crippen molar-refractivity contribution in [3.8, 4) is 5.75 Å². The Bertz CT molecular complexity index is 831. The molecule has 2 aromatic carbocycles. The van der Waals surface area contributed by atoms with Gasteiger partial charge in [-0.05, 0) is 59.2 Å². The van der Waals surface area contributed by atoms with Crippen LogP contribution in [0.15, 0.2) is 54.6 Å². The molecule has 0 saturated heterocycles. The Morgan fingerprint density at radius 1 is 0.821 bits per heavy atom. The summed E-state index contributed by atoms with van der Waals surface area (Å²) >= 11 is 0. The molecule has 0 aliphatic carbocycles. The van der Waals surface area contributed by atoms with Gasteiger partial charge in [0, 0.05) is 5.56 Å². The van der Waals surface area contributed by atoms with E-state index in [0.717, 1.165) is 11.3 Å². The molecule has 0 fully saturated rings. The molecule has 0 aromatic heterocycles. The van der Waals surface area contributed by atoms with Crippen LogP contribution in [0.25, 0.3) is 0 Å². The van der Waals surface area contributed by atoms with Gasteiger partial charge in [0.15, 0.2) is 13.6 Å². The van der Waals surface area contributed by atoms with Crippen molar-refractivity contribution in [3.63, 3.8) is 0 Å². The first kappa shape index (κ1) is 21.7. The third-order valence-electron chi connectivity index (χ3n) is 4.44. The van der Waals surface area contributed by atoms with Crippen LogP contribution >= 0.6 is 0 Å². The Morgan fingerprint density at radius 2 is 1.36 bits per heavy atom. The van der Waals surface area contributed by atoms with Crippen LogP contribution in [-0.2, 0) is 15.1 Å². The van der Waals surface area contributed by atoms with Crippen molar-refractivity contribution in [2.45, 2.75) is 52.6 Å². The second-order valence-corrected chi connectivity index (χ2v) is 8.96. The summed E-state index contributed by atoms with van der Waals surface area (Å²) in [4.78, 5) is 25.6. The van der Waals surface area contributed by atoms with Crippen LogP contribution < -0.4 is 4.74 Å². The van der Waals surface area contributed by atoms with Crippen LogP contribution in [0.3, 0.4) is 0 Å². The molecule has 0 atom stereocenters. The Balaban J connectivity index is 2.16. The average Bonchev–Trinajstić information content (AvgIpc) is 2.60. The van der Waals surface area contributed by atoms with Gasteiger partial charge in [-0.15, -0.1) is 0 Å². The molecular weight excluding hydrogens is 351 g/mol. The standard InChI is InChI=1S/C23H29BO4/c1-21(2,19(25)16-10-8-7-9-11-16)20(26)28-22(3,4)17-12-14-18(15-13-17)27-23(5,6)24/h7-15H,24H2,1-6H3. The van der Waals surface area contributed by atoms with E-state index in [-0.39, 0.29) is 11.3 Å². The minimum atomic E-state index is -1.28. The quantitative estimate of drug-likeness (QED) is 0.314. The summed E-state index contributed by atoms with van der Waals surface area (Å²) < 4.78 is 11.6. The third-order valence-corrected chi connectivity index (χ3v) is 4.44. The van der Waals surface area contributed by atoms with E-state index in [4.69, 9.17) is 9.47 Å². The second-order valence-electron chi connectivity index (χ2n) is 8.96. The molecule has 0 N–H and O–H groups in total. The van der Waals surface area contributed by atoms with Gasteiger partial charge in [0.1, 0.15) is 16.8 Å². The molecule has 0 aliphatic rings. The lowest BCUT2D eigenvalue weighted by molar-refractivity contribution is -0.165. The SMILES string of the molecule is BC(C)(C)Oc1ccc(C(C)(C)OC(=O)C(C)(C)C(=O)c2ccccc2)cc1. The number of ether oxygens (including phenoxy) is 2. The summed E-state index contributed by atoms with van der Waals surface area (Å²) in [6.45, 7) is 10.8. The van der Waals surface area contributed by atoms with E-state index < -0.39 is 17.0 Å². The van der Waals surface area contributed by atoms with Crippen LogP contribution in [0, 0.1) is 5.41 Å². The number of esters is 1. The highest BCUT2D eigenvalue weighted by Gasteiger charge is 2.41. The molecular formula is C23H29BO4. The summed E-state index contributed by atoms with van der Waals surface area (Å²) in [6, 6.07) is 16.3. The number of carbonyl (C=O) groups is 2. The maximum Gasteiger partial charge on any atom is 0.320 e. The van der Waals surface area contributed by atoms with Crippen molar-refractivity contribution in [2.75, 3.05) is 0 Å². The second kappa shape index (κ2) is 7.82. The fraction of sp³-hybridized carbons (Fsp3) is 0.391. The van der Waals surface area contributed by atoms with Gasteiger partial charge in [-0.1, -0.05) is 42.5 Å². The number of ketones is 1. The van der Waals surface area contributed by atoms with Gasteiger partial charge in [-0.2, -0.15) is 0 Å². The smallest absolute Gasteiger partial charge is 0.320 e. The molecule has 2 aromatic rings. The number of rotatable bonds is 7. The van der Waals surface area contributed by atoms with Crippen LogP contribution in [0.4, 0.5) is 0 Å². The van der Waals surface area contributed by atoms with E-state index in [9.17, 15) is 9.59 Å². The van der Waals surface area contributed by atoms with Crippen LogP contribution in [-0.4, -0.2) is 25.1 Å². The molecule has 0 saturated carbocycles.